The average Bonchev–Trinajstić information content (AvgIpc) is 3.59. The zero-order valence-corrected chi connectivity index (χ0v) is 28.2. The van der Waals surface area contributed by atoms with Crippen LogP contribution in [-0.2, 0) is 27.2 Å². The third-order valence-corrected chi connectivity index (χ3v) is 7.57. The summed E-state index contributed by atoms with van der Waals surface area (Å²) in [5, 5.41) is 9.90. The first kappa shape index (κ1) is 33.4. The van der Waals surface area contributed by atoms with Gasteiger partial charge in [-0.1, -0.05) is 0 Å². The van der Waals surface area contributed by atoms with Crippen LogP contribution in [0.15, 0.2) is 30.9 Å². The first-order chi connectivity index (χ1) is 23.1. The molecule has 0 aliphatic carbocycles. The highest BCUT2D eigenvalue weighted by Gasteiger charge is 2.33. The second-order valence-electron chi connectivity index (χ2n) is 13.7. The monoisotopic (exact) mass is 676 g/mol. The zero-order valence-electron chi connectivity index (χ0n) is 28.2. The van der Waals surface area contributed by atoms with Gasteiger partial charge in [0.1, 0.15) is 47.6 Å². The Kier molecular flexibility index (Phi) is 8.50. The minimum atomic E-state index is -0.883. The molecule has 2 N–H and O–H groups in total. The summed E-state index contributed by atoms with van der Waals surface area (Å²) in [6, 6.07) is 3.07. The van der Waals surface area contributed by atoms with E-state index in [9.17, 15) is 14.4 Å². The number of rotatable bonds is 4. The third-order valence-electron chi connectivity index (χ3n) is 7.57. The Labute approximate surface area is 281 Å². The summed E-state index contributed by atoms with van der Waals surface area (Å²) in [6.07, 6.45) is 1.96. The van der Waals surface area contributed by atoms with Crippen molar-refractivity contribution in [2.24, 2.45) is 0 Å². The molecule has 0 spiro atoms. The van der Waals surface area contributed by atoms with Crippen LogP contribution in [0.3, 0.4) is 0 Å². The second kappa shape index (κ2) is 12.5. The van der Waals surface area contributed by atoms with Gasteiger partial charge in [-0.3, -0.25) is 15.5 Å². The van der Waals surface area contributed by atoms with Crippen molar-refractivity contribution in [2.75, 3.05) is 28.7 Å². The lowest BCUT2D eigenvalue weighted by Gasteiger charge is -2.32. The SMILES string of the molecule is Cc1c(-c2cc3cc(NC(=O)OC4Cc5ncnn5C4)ncc3c(NC(=O)OC(C)(C)C)c2F)cnc2c1N(C(=O)OC(C)(C)C)CCO2. The number of hydrogen-bond acceptors (Lipinski definition) is 11. The molecule has 2 aliphatic rings. The average molecular weight is 677 g/mol. The first-order valence-electron chi connectivity index (χ1n) is 15.7. The van der Waals surface area contributed by atoms with E-state index in [1.807, 2.05) is 0 Å². The fourth-order valence-corrected chi connectivity index (χ4v) is 5.60. The van der Waals surface area contributed by atoms with Crippen LogP contribution in [0.25, 0.3) is 21.9 Å². The standard InChI is InChI=1S/C33H37FN8O7/c1-17-21(13-36-28-27(17)41(8-9-46-28)31(45)49-33(5,6)7)20-10-18-11-23(39-29(43)47-19-12-24-37-16-38-42(24)15-19)35-14-22(18)26(25(20)34)40-30(44)48-32(2,3)4/h10-11,13-14,16,19H,8-9,12,15H2,1-7H3,(H,40,44)(H,35,39,43). The van der Waals surface area contributed by atoms with Crippen molar-refractivity contribution in [3.63, 3.8) is 0 Å². The minimum absolute atomic E-state index is 0.0497. The largest absolute Gasteiger partial charge is 0.474 e. The summed E-state index contributed by atoms with van der Waals surface area (Å²) < 4.78 is 40.6. The number of hydrogen-bond donors (Lipinski definition) is 2. The highest BCUT2D eigenvalue weighted by molar-refractivity contribution is 6.05. The number of aromatic nitrogens is 5. The molecule has 0 saturated heterocycles. The summed E-state index contributed by atoms with van der Waals surface area (Å²) in [6.45, 7) is 12.8. The lowest BCUT2D eigenvalue weighted by atomic mass is 9.96. The van der Waals surface area contributed by atoms with E-state index in [0.29, 0.717) is 41.0 Å². The maximum absolute atomic E-state index is 16.6. The van der Waals surface area contributed by atoms with E-state index in [2.05, 4.69) is 30.7 Å². The fraction of sp³-hybridized carbons (Fsp3) is 0.424. The molecule has 0 radical (unpaired) electrons. The van der Waals surface area contributed by atoms with Gasteiger partial charge >= 0.3 is 18.3 Å². The van der Waals surface area contributed by atoms with Crippen LogP contribution in [0, 0.1) is 12.7 Å². The predicted octanol–water partition coefficient (Wildman–Crippen LogP) is 5.99. The van der Waals surface area contributed by atoms with E-state index < -0.39 is 41.4 Å². The molecule has 16 heteroatoms. The number of nitrogens with zero attached hydrogens (tertiary/aromatic N) is 6. The van der Waals surface area contributed by atoms with Gasteiger partial charge in [-0.2, -0.15) is 5.10 Å². The maximum atomic E-state index is 16.6. The molecule has 0 saturated carbocycles. The van der Waals surface area contributed by atoms with Crippen LogP contribution in [0.1, 0.15) is 52.9 Å². The van der Waals surface area contributed by atoms with Crippen molar-refractivity contribution in [1.29, 1.82) is 0 Å². The Hall–Kier alpha value is -5.54. The molecule has 5 heterocycles. The Balaban J connectivity index is 1.38. The van der Waals surface area contributed by atoms with Gasteiger partial charge in [0, 0.05) is 35.3 Å². The summed E-state index contributed by atoms with van der Waals surface area (Å²) in [5.74, 6) is 0.242. The van der Waals surface area contributed by atoms with Crippen LogP contribution in [0.2, 0.25) is 0 Å². The summed E-state index contributed by atoms with van der Waals surface area (Å²) in [5.41, 5.74) is -0.626. The van der Waals surface area contributed by atoms with Crippen molar-refractivity contribution in [3.05, 3.63) is 48.1 Å². The van der Waals surface area contributed by atoms with Gasteiger partial charge in [-0.25, -0.2) is 38.4 Å². The molecule has 3 aromatic heterocycles. The van der Waals surface area contributed by atoms with Crippen molar-refractivity contribution >= 4 is 46.2 Å². The summed E-state index contributed by atoms with van der Waals surface area (Å²) in [7, 11) is 0. The molecule has 3 amide bonds. The van der Waals surface area contributed by atoms with Gasteiger partial charge in [0.05, 0.1) is 18.8 Å². The first-order valence-corrected chi connectivity index (χ1v) is 15.7. The van der Waals surface area contributed by atoms with E-state index >= 15 is 4.39 Å². The van der Waals surface area contributed by atoms with Crippen LogP contribution >= 0.6 is 0 Å². The van der Waals surface area contributed by atoms with Crippen molar-refractivity contribution < 1.29 is 37.7 Å². The minimum Gasteiger partial charge on any atom is -0.474 e. The molecular weight excluding hydrogens is 639 g/mol. The summed E-state index contributed by atoms with van der Waals surface area (Å²) in [4.78, 5) is 53.2. The van der Waals surface area contributed by atoms with E-state index in [-0.39, 0.29) is 41.5 Å². The molecule has 1 aromatic carbocycles. The van der Waals surface area contributed by atoms with E-state index in [1.165, 1.54) is 29.7 Å². The van der Waals surface area contributed by atoms with Gasteiger partial charge < -0.3 is 18.9 Å². The molecule has 2 aliphatic heterocycles. The third kappa shape index (κ3) is 7.17. The maximum Gasteiger partial charge on any atom is 0.415 e. The lowest BCUT2D eigenvalue weighted by Crippen LogP contribution is -2.42. The molecule has 0 fully saturated rings. The molecule has 0 bridgehead atoms. The molecule has 258 valence electrons. The number of benzene rings is 1. The summed E-state index contributed by atoms with van der Waals surface area (Å²) >= 11 is 0. The topological polar surface area (TPSA) is 172 Å². The molecule has 1 unspecified atom stereocenters. The number of carbonyl (C=O) groups is 3. The van der Waals surface area contributed by atoms with E-state index in [1.54, 1.807) is 59.2 Å². The number of amides is 3. The number of fused-ring (bicyclic) bond motifs is 3. The fourth-order valence-electron chi connectivity index (χ4n) is 5.60. The Bertz CT molecular complexity index is 1950. The van der Waals surface area contributed by atoms with Crippen LogP contribution in [-0.4, -0.2) is 73.5 Å². The number of anilines is 3. The predicted molar refractivity (Wildman–Crippen MR) is 176 cm³/mol. The van der Waals surface area contributed by atoms with Crippen molar-refractivity contribution in [1.82, 2.24) is 24.7 Å². The number of nitrogens with one attached hydrogen (secondary N) is 2. The molecule has 1 atom stereocenters. The van der Waals surface area contributed by atoms with Gasteiger partial charge in [-0.05, 0) is 71.5 Å². The second-order valence-corrected chi connectivity index (χ2v) is 13.7. The van der Waals surface area contributed by atoms with Crippen LogP contribution in [0.4, 0.5) is 36.0 Å². The van der Waals surface area contributed by atoms with Gasteiger partial charge in [0.2, 0.25) is 5.88 Å². The number of pyridine rings is 2. The smallest absolute Gasteiger partial charge is 0.415 e. The molecule has 6 rings (SSSR count). The van der Waals surface area contributed by atoms with E-state index in [4.69, 9.17) is 18.9 Å². The molecule has 4 aromatic rings. The lowest BCUT2D eigenvalue weighted by molar-refractivity contribution is 0.0564. The molecular formula is C33H37FN8O7. The molecule has 15 nitrogen and oxygen atoms in total. The Morgan fingerprint density at radius 3 is 2.43 bits per heavy atom. The quantitative estimate of drug-likeness (QED) is 0.243. The Morgan fingerprint density at radius 2 is 1.71 bits per heavy atom. The Morgan fingerprint density at radius 1 is 0.959 bits per heavy atom. The van der Waals surface area contributed by atoms with Crippen molar-refractivity contribution in [3.8, 4) is 17.0 Å². The number of ether oxygens (including phenoxy) is 4. The van der Waals surface area contributed by atoms with Crippen LogP contribution in [0.5, 0.6) is 5.88 Å². The van der Waals surface area contributed by atoms with Gasteiger partial charge in [0.15, 0.2) is 5.82 Å². The van der Waals surface area contributed by atoms with E-state index in [0.717, 1.165) is 0 Å². The normalized spacial score (nSPS) is 15.6. The molecule has 49 heavy (non-hydrogen) atoms. The number of carbonyl (C=O) groups excluding carboxylic acids is 3. The van der Waals surface area contributed by atoms with Crippen molar-refractivity contribution in [2.45, 2.75) is 78.7 Å². The zero-order chi connectivity index (χ0) is 35.2. The highest BCUT2D eigenvalue weighted by atomic mass is 19.1. The van der Waals surface area contributed by atoms with Gasteiger partial charge in [-0.15, -0.1) is 0 Å². The van der Waals surface area contributed by atoms with Crippen LogP contribution < -0.4 is 20.3 Å². The van der Waals surface area contributed by atoms with Gasteiger partial charge in [0.25, 0.3) is 0 Å². The highest BCUT2D eigenvalue weighted by Crippen LogP contribution is 2.42. The number of halogens is 1.